The Bertz CT molecular complexity index is 698. The molecule has 0 saturated heterocycles. The molecule has 102 valence electrons. The van der Waals surface area contributed by atoms with Crippen molar-refractivity contribution in [1.82, 2.24) is 10.3 Å². The summed E-state index contributed by atoms with van der Waals surface area (Å²) in [5.74, 6) is 0. The van der Waals surface area contributed by atoms with Gasteiger partial charge in [-0.2, -0.15) is 0 Å². The minimum absolute atomic E-state index is 0.826. The van der Waals surface area contributed by atoms with Gasteiger partial charge in [0, 0.05) is 13.1 Å². The lowest BCUT2D eigenvalue weighted by atomic mass is 10.0. The first-order valence-corrected chi connectivity index (χ1v) is 7.66. The normalized spacial score (nSPS) is 11.1. The highest BCUT2D eigenvalue weighted by Gasteiger charge is 2.04. The Morgan fingerprint density at radius 3 is 2.70 bits per heavy atom. The zero-order valence-electron chi connectivity index (χ0n) is 11.8. The summed E-state index contributed by atoms with van der Waals surface area (Å²) in [4.78, 5) is 4.64. The lowest BCUT2D eigenvalue weighted by molar-refractivity contribution is 0.688. The number of aryl methyl sites for hydroxylation is 1. The standard InChI is InChI=1S/C17H18N2S/c1-12-6-5-7-14(13(12)2)10-18-11-17-19-15-8-3-4-9-16(15)20-17/h3-9,18H,10-11H2,1-2H3. The minimum atomic E-state index is 0.826. The predicted octanol–water partition coefficient (Wildman–Crippen LogP) is 4.20. The van der Waals surface area contributed by atoms with E-state index in [0.717, 1.165) is 23.6 Å². The molecule has 3 heteroatoms. The van der Waals surface area contributed by atoms with Crippen molar-refractivity contribution < 1.29 is 0 Å². The largest absolute Gasteiger partial charge is 0.306 e. The van der Waals surface area contributed by atoms with Crippen molar-refractivity contribution >= 4 is 21.6 Å². The first-order chi connectivity index (χ1) is 9.74. The minimum Gasteiger partial charge on any atom is -0.306 e. The number of nitrogens with zero attached hydrogens (tertiary/aromatic N) is 1. The fraction of sp³-hybridized carbons (Fsp3) is 0.235. The maximum absolute atomic E-state index is 4.64. The zero-order chi connectivity index (χ0) is 13.9. The summed E-state index contributed by atoms with van der Waals surface area (Å²) in [6.07, 6.45) is 0. The van der Waals surface area contributed by atoms with E-state index in [1.807, 2.05) is 6.07 Å². The number of para-hydroxylation sites is 1. The summed E-state index contributed by atoms with van der Waals surface area (Å²) in [7, 11) is 0. The van der Waals surface area contributed by atoms with Crippen LogP contribution in [0, 0.1) is 13.8 Å². The van der Waals surface area contributed by atoms with E-state index in [2.05, 4.69) is 60.5 Å². The molecule has 0 aliphatic carbocycles. The van der Waals surface area contributed by atoms with E-state index in [1.165, 1.54) is 21.4 Å². The van der Waals surface area contributed by atoms with Crippen molar-refractivity contribution in [1.29, 1.82) is 0 Å². The van der Waals surface area contributed by atoms with Gasteiger partial charge in [-0.3, -0.25) is 0 Å². The van der Waals surface area contributed by atoms with Gasteiger partial charge in [0.2, 0.25) is 0 Å². The van der Waals surface area contributed by atoms with Gasteiger partial charge >= 0.3 is 0 Å². The number of nitrogens with one attached hydrogen (secondary N) is 1. The fourth-order valence-corrected chi connectivity index (χ4v) is 3.24. The summed E-state index contributed by atoms with van der Waals surface area (Å²) < 4.78 is 1.26. The third-order valence-corrected chi connectivity index (χ3v) is 4.68. The van der Waals surface area contributed by atoms with Crippen molar-refractivity contribution in [2.24, 2.45) is 0 Å². The van der Waals surface area contributed by atoms with Crippen molar-refractivity contribution in [2.75, 3.05) is 0 Å². The van der Waals surface area contributed by atoms with Gasteiger partial charge in [-0.05, 0) is 42.7 Å². The second kappa shape index (κ2) is 5.73. The molecule has 1 N–H and O–H groups in total. The lowest BCUT2D eigenvalue weighted by Crippen LogP contribution is -2.13. The van der Waals surface area contributed by atoms with Gasteiger partial charge in [0.15, 0.2) is 0 Å². The molecule has 1 aromatic heterocycles. The molecule has 0 bridgehead atoms. The maximum atomic E-state index is 4.64. The number of thiazole rings is 1. The molecule has 0 saturated carbocycles. The van der Waals surface area contributed by atoms with Crippen molar-refractivity contribution in [2.45, 2.75) is 26.9 Å². The molecule has 0 aliphatic rings. The Labute approximate surface area is 123 Å². The van der Waals surface area contributed by atoms with Crippen LogP contribution in [0.15, 0.2) is 42.5 Å². The third-order valence-electron chi connectivity index (χ3n) is 3.65. The summed E-state index contributed by atoms with van der Waals surface area (Å²) in [5, 5.41) is 4.64. The van der Waals surface area contributed by atoms with E-state index in [-0.39, 0.29) is 0 Å². The molecule has 0 spiro atoms. The molecule has 3 aromatic rings. The maximum Gasteiger partial charge on any atom is 0.108 e. The van der Waals surface area contributed by atoms with Crippen LogP contribution in [-0.4, -0.2) is 4.98 Å². The number of hydrogen-bond acceptors (Lipinski definition) is 3. The van der Waals surface area contributed by atoms with Gasteiger partial charge in [0.05, 0.1) is 10.2 Å². The molecular formula is C17H18N2S. The zero-order valence-corrected chi connectivity index (χ0v) is 12.6. The van der Waals surface area contributed by atoms with Gasteiger partial charge in [-0.25, -0.2) is 4.98 Å². The third kappa shape index (κ3) is 2.74. The molecule has 2 nitrogen and oxygen atoms in total. The summed E-state index contributed by atoms with van der Waals surface area (Å²) in [5.41, 5.74) is 5.20. The number of fused-ring (bicyclic) bond motifs is 1. The number of hydrogen-bond donors (Lipinski definition) is 1. The van der Waals surface area contributed by atoms with Crippen molar-refractivity contribution in [3.8, 4) is 0 Å². The Balaban J connectivity index is 1.66. The SMILES string of the molecule is Cc1cccc(CNCc2nc3ccccc3s2)c1C. The summed E-state index contributed by atoms with van der Waals surface area (Å²) in [6, 6.07) is 14.8. The average Bonchev–Trinajstić information content (AvgIpc) is 2.86. The Hall–Kier alpha value is -1.71. The molecule has 0 radical (unpaired) electrons. The van der Waals surface area contributed by atoms with Crippen molar-refractivity contribution in [3.05, 3.63) is 64.2 Å². The number of benzene rings is 2. The van der Waals surface area contributed by atoms with Gasteiger partial charge in [0.25, 0.3) is 0 Å². The second-order valence-corrected chi connectivity index (χ2v) is 6.15. The number of rotatable bonds is 4. The van der Waals surface area contributed by atoms with Crippen LogP contribution in [0.5, 0.6) is 0 Å². The van der Waals surface area contributed by atoms with Crippen LogP contribution in [0.3, 0.4) is 0 Å². The van der Waals surface area contributed by atoms with E-state index >= 15 is 0 Å². The average molecular weight is 282 g/mol. The van der Waals surface area contributed by atoms with Gasteiger partial charge in [0.1, 0.15) is 5.01 Å². The fourth-order valence-electron chi connectivity index (χ4n) is 2.30. The summed E-state index contributed by atoms with van der Waals surface area (Å²) in [6.45, 7) is 6.06. The molecule has 2 aromatic carbocycles. The molecule has 0 amide bonds. The molecular weight excluding hydrogens is 264 g/mol. The Kier molecular flexibility index (Phi) is 3.81. The van der Waals surface area contributed by atoms with E-state index in [4.69, 9.17) is 0 Å². The van der Waals surface area contributed by atoms with Gasteiger partial charge in [-0.15, -0.1) is 11.3 Å². The van der Waals surface area contributed by atoms with E-state index in [0.29, 0.717) is 0 Å². The van der Waals surface area contributed by atoms with Crippen LogP contribution >= 0.6 is 11.3 Å². The van der Waals surface area contributed by atoms with E-state index in [9.17, 15) is 0 Å². The first kappa shape index (κ1) is 13.3. The van der Waals surface area contributed by atoms with Crippen LogP contribution in [0.2, 0.25) is 0 Å². The van der Waals surface area contributed by atoms with Gasteiger partial charge in [-0.1, -0.05) is 30.3 Å². The van der Waals surface area contributed by atoms with Crippen LogP contribution in [-0.2, 0) is 13.1 Å². The van der Waals surface area contributed by atoms with E-state index in [1.54, 1.807) is 11.3 Å². The smallest absolute Gasteiger partial charge is 0.108 e. The lowest BCUT2D eigenvalue weighted by Gasteiger charge is -2.08. The van der Waals surface area contributed by atoms with Crippen LogP contribution < -0.4 is 5.32 Å². The quantitative estimate of drug-likeness (QED) is 0.775. The highest BCUT2D eigenvalue weighted by Crippen LogP contribution is 2.21. The van der Waals surface area contributed by atoms with E-state index < -0.39 is 0 Å². The first-order valence-electron chi connectivity index (χ1n) is 6.84. The van der Waals surface area contributed by atoms with Gasteiger partial charge < -0.3 is 5.32 Å². The topological polar surface area (TPSA) is 24.9 Å². The van der Waals surface area contributed by atoms with Crippen LogP contribution in [0.25, 0.3) is 10.2 Å². The predicted molar refractivity (Wildman–Crippen MR) is 86.1 cm³/mol. The molecule has 20 heavy (non-hydrogen) atoms. The molecule has 1 heterocycles. The summed E-state index contributed by atoms with van der Waals surface area (Å²) >= 11 is 1.77. The highest BCUT2D eigenvalue weighted by atomic mass is 32.1. The van der Waals surface area contributed by atoms with Crippen LogP contribution in [0.1, 0.15) is 21.7 Å². The molecule has 3 rings (SSSR count). The molecule has 0 unspecified atom stereocenters. The Morgan fingerprint density at radius 1 is 1.00 bits per heavy atom. The van der Waals surface area contributed by atoms with Crippen LogP contribution in [0.4, 0.5) is 0 Å². The molecule has 0 fully saturated rings. The second-order valence-electron chi connectivity index (χ2n) is 5.04. The monoisotopic (exact) mass is 282 g/mol. The molecule has 0 aliphatic heterocycles. The highest BCUT2D eigenvalue weighted by molar-refractivity contribution is 7.18. The Morgan fingerprint density at radius 2 is 1.85 bits per heavy atom. The number of aromatic nitrogens is 1. The molecule has 0 atom stereocenters. The van der Waals surface area contributed by atoms with Crippen molar-refractivity contribution in [3.63, 3.8) is 0 Å².